The minimum atomic E-state index is -0.365. The quantitative estimate of drug-likeness (QED) is 0.120. The highest BCUT2D eigenvalue weighted by Gasteiger charge is 2.47. The molecule has 0 bridgehead atoms. The molecule has 5 nitrogen and oxygen atoms in total. The number of fused-ring (bicyclic) bond motifs is 13. The van der Waals surface area contributed by atoms with Crippen molar-refractivity contribution in [2.75, 3.05) is 9.80 Å². The Labute approximate surface area is 779 Å². The van der Waals surface area contributed by atoms with E-state index < -0.39 is 0 Å². The van der Waals surface area contributed by atoms with Gasteiger partial charge in [0.1, 0.15) is 0 Å². The van der Waals surface area contributed by atoms with Crippen molar-refractivity contribution in [3.05, 3.63) is 397 Å². The molecule has 22 rings (SSSR count). The van der Waals surface area contributed by atoms with E-state index in [0.717, 1.165) is 129 Å². The zero-order chi connectivity index (χ0) is 91.1. The van der Waals surface area contributed by atoms with Crippen molar-refractivity contribution < 1.29 is 0 Å². The van der Waals surface area contributed by atoms with Crippen molar-refractivity contribution in [1.29, 1.82) is 0 Å². The molecule has 0 fully saturated rings. The molecule has 0 spiro atoms. The van der Waals surface area contributed by atoms with E-state index in [-0.39, 0.29) is 39.2 Å². The van der Waals surface area contributed by atoms with Crippen LogP contribution in [0.25, 0.3) is 149 Å². The number of rotatable bonds is 11. The summed E-state index contributed by atoms with van der Waals surface area (Å²) in [6.45, 7) is 42.1. The second kappa shape index (κ2) is 30.7. The molecule has 2 aliphatic rings. The Morgan fingerprint density at radius 2 is 0.485 bits per heavy atom. The fourth-order valence-electron chi connectivity index (χ4n) is 21.3. The van der Waals surface area contributed by atoms with Gasteiger partial charge in [0.2, 0.25) is 0 Å². The average molecular weight is 1710 g/mol. The topological polar surface area (TPSA) is 21.3 Å². The van der Waals surface area contributed by atoms with Gasteiger partial charge in [0.15, 0.2) is 0 Å². The molecule has 132 heavy (non-hydrogen) atoms. The van der Waals surface area contributed by atoms with Crippen LogP contribution in [0.1, 0.15) is 158 Å². The minimum absolute atomic E-state index is 0.142. The largest absolute Gasteiger partial charge is 0.310 e. The van der Waals surface area contributed by atoms with E-state index in [1.165, 1.54) is 104 Å². The van der Waals surface area contributed by atoms with E-state index in [4.69, 9.17) is 0 Å². The van der Waals surface area contributed by atoms with Crippen LogP contribution in [0.3, 0.4) is 0 Å². The van der Waals surface area contributed by atoms with Crippen LogP contribution in [-0.4, -0.2) is 20.4 Å². The normalized spacial score (nSPS) is 13.2. The molecule has 646 valence electrons. The average Bonchev–Trinajstić information content (AvgIpc) is 0.788. The van der Waals surface area contributed by atoms with Gasteiger partial charge < -0.3 is 23.5 Å². The number of nitrogens with zero attached hydrogens (tertiary/aromatic N) is 5. The fraction of sp³-hybridized carbons (Fsp3) is 0.190. The van der Waals surface area contributed by atoms with E-state index in [2.05, 4.69) is 512 Å². The molecular formula is C126H114BN5. The molecule has 0 atom stereocenters. The summed E-state index contributed by atoms with van der Waals surface area (Å²) in [6.07, 6.45) is 0. The van der Waals surface area contributed by atoms with Crippen LogP contribution >= 0.6 is 0 Å². The molecule has 0 radical (unpaired) electrons. The number of benzene rings is 17. The number of aromatic nitrogens is 3. The standard InChI is InChI=1S/C126H114BN5/c1-121(2,3)86-53-59-96-97-60-54-87(122(4,5)6)74-110(97)128(109(96)73-86)93-57-63-106-113(77-93)131(118-101(80-41-27-20-28-42-80)69-90(125(13,14)15)70-102(118)81-43-29-21-30-44-81)115-67-85(84-65-100(79-39-25-19-26-40-79)120-105(66-84)95-51-37-38-52-108(95)130(120)92-49-35-24-36-50-92)68-116-117(115)127(106)107-64-58-94(129-111-75-88(123(7,8)9)55-61-98(111)99-62-56-89(76-112(99)129)124(10,11)12)78-114(107)132(116)119-103(82-45-31-22-32-46-82)71-91(126(16,17)18)72-104(119)83-47-33-23-34-48-83/h19-78H,1-18H3. The van der Waals surface area contributed by atoms with Gasteiger partial charge in [-0.05, 0) is 236 Å². The molecule has 0 amide bonds. The highest BCUT2D eigenvalue weighted by molar-refractivity contribution is 7.00. The monoisotopic (exact) mass is 1710 g/mol. The van der Waals surface area contributed by atoms with Gasteiger partial charge in [0.05, 0.1) is 44.5 Å². The summed E-state index contributed by atoms with van der Waals surface area (Å²) < 4.78 is 7.76. The molecule has 6 heteroatoms. The Morgan fingerprint density at radius 1 is 0.189 bits per heavy atom. The molecule has 20 aromatic rings. The summed E-state index contributed by atoms with van der Waals surface area (Å²) in [5, 5.41) is 7.27. The summed E-state index contributed by atoms with van der Waals surface area (Å²) in [6, 6.07) is 141. The summed E-state index contributed by atoms with van der Waals surface area (Å²) in [5.74, 6) is 0. The highest BCUT2D eigenvalue weighted by Crippen LogP contribution is 2.57. The van der Waals surface area contributed by atoms with Gasteiger partial charge >= 0.3 is 0 Å². The number of para-hydroxylation sites is 2. The van der Waals surface area contributed by atoms with Crippen LogP contribution in [0, 0.1) is 0 Å². The summed E-state index contributed by atoms with van der Waals surface area (Å²) in [5.41, 5.74) is 40.6. The van der Waals surface area contributed by atoms with Gasteiger partial charge in [-0.1, -0.05) is 373 Å². The first-order valence-electron chi connectivity index (χ1n) is 47.3. The van der Waals surface area contributed by atoms with Crippen molar-refractivity contribution in [2.45, 2.75) is 157 Å². The van der Waals surface area contributed by atoms with E-state index >= 15 is 0 Å². The predicted molar refractivity (Wildman–Crippen MR) is 568 cm³/mol. The summed E-state index contributed by atoms with van der Waals surface area (Å²) >= 11 is 0. The molecule has 5 heterocycles. The Bertz CT molecular complexity index is 7390. The zero-order valence-electron chi connectivity index (χ0n) is 79.5. The lowest BCUT2D eigenvalue weighted by molar-refractivity contribution is 0.590. The van der Waals surface area contributed by atoms with E-state index in [1.54, 1.807) is 0 Å². The first-order chi connectivity index (χ1) is 63.3. The third-order valence-electron chi connectivity index (χ3n) is 28.5. The maximum Gasteiger partial charge on any atom is 0.252 e. The van der Waals surface area contributed by atoms with E-state index in [1.807, 2.05) is 0 Å². The van der Waals surface area contributed by atoms with Gasteiger partial charge in [-0.3, -0.25) is 0 Å². The third kappa shape index (κ3) is 13.9. The van der Waals surface area contributed by atoms with Crippen LogP contribution in [0.15, 0.2) is 364 Å². The molecular weight excluding hydrogens is 1590 g/mol. The van der Waals surface area contributed by atoms with Crippen molar-refractivity contribution in [1.82, 2.24) is 13.7 Å². The maximum absolute atomic E-state index is 2.79. The molecule has 2 aliphatic heterocycles. The van der Waals surface area contributed by atoms with Gasteiger partial charge in [0.25, 0.3) is 6.71 Å². The van der Waals surface area contributed by atoms with E-state index in [0.29, 0.717) is 0 Å². The maximum atomic E-state index is 2.79. The zero-order valence-corrected chi connectivity index (χ0v) is 79.5. The Hall–Kier alpha value is -14.2. The van der Waals surface area contributed by atoms with E-state index in [9.17, 15) is 0 Å². The van der Waals surface area contributed by atoms with Gasteiger partial charge in [-0.15, -0.1) is 0 Å². The molecule has 0 saturated heterocycles. The smallest absolute Gasteiger partial charge is 0.252 e. The number of anilines is 6. The van der Waals surface area contributed by atoms with Crippen LogP contribution < -0.4 is 26.2 Å². The molecule has 17 aromatic carbocycles. The van der Waals surface area contributed by atoms with Crippen LogP contribution in [0.4, 0.5) is 34.1 Å². The van der Waals surface area contributed by atoms with Gasteiger partial charge in [-0.25, -0.2) is 0 Å². The SMILES string of the molecule is CC(C)(C)c1cc(-c2ccccc2)c(N2c3cc(-n4c5cc(C(C)(C)C)ccc5c5ccc(C(C)(C)C)cc54)ccc3B3c4ccc(-n5c6cc(C(C)(C)C)ccc6c6ccc(C(C)(C)C)cc65)cc4N(c4c(-c5ccccc5)cc(C(C)(C)C)cc4-c4ccccc4)c4cc(-c5cc(-c6ccccc6)c6c(c5)c5ccccc5n6-c5ccccc5)cc2c43)c(-c2ccccc2)c1. The Balaban J connectivity index is 0.973. The molecule has 0 N–H and O–H groups in total. The third-order valence-corrected chi connectivity index (χ3v) is 28.5. The molecule has 0 unspecified atom stereocenters. The second-order valence-electron chi connectivity index (χ2n) is 43.4. The molecule has 3 aromatic heterocycles. The Kier molecular flexibility index (Phi) is 19.4. The lowest BCUT2D eigenvalue weighted by Gasteiger charge is -2.46. The van der Waals surface area contributed by atoms with Crippen LogP contribution in [0.2, 0.25) is 0 Å². The lowest BCUT2D eigenvalue weighted by Crippen LogP contribution is -2.61. The van der Waals surface area contributed by atoms with Crippen molar-refractivity contribution in [3.63, 3.8) is 0 Å². The van der Waals surface area contributed by atoms with Crippen molar-refractivity contribution in [2.24, 2.45) is 0 Å². The van der Waals surface area contributed by atoms with Crippen LogP contribution in [-0.2, 0) is 32.5 Å². The number of hydrogen-bond donors (Lipinski definition) is 0. The predicted octanol–water partition coefficient (Wildman–Crippen LogP) is 32.8. The first-order valence-corrected chi connectivity index (χ1v) is 47.3. The first kappa shape index (κ1) is 83.4. The van der Waals surface area contributed by atoms with Gasteiger partial charge in [0, 0.05) is 99.9 Å². The summed E-state index contributed by atoms with van der Waals surface area (Å²) in [4.78, 5) is 5.58. The molecule has 0 saturated carbocycles. The molecule has 0 aliphatic carbocycles. The highest BCUT2D eigenvalue weighted by atomic mass is 15.2. The fourth-order valence-corrected chi connectivity index (χ4v) is 21.3. The second-order valence-corrected chi connectivity index (χ2v) is 43.4. The number of hydrogen-bond acceptors (Lipinski definition) is 2. The lowest BCUT2D eigenvalue weighted by atomic mass is 9.33. The van der Waals surface area contributed by atoms with Crippen molar-refractivity contribution in [3.8, 4) is 83.8 Å². The minimum Gasteiger partial charge on any atom is -0.310 e. The summed E-state index contributed by atoms with van der Waals surface area (Å²) in [7, 11) is 0. The Morgan fingerprint density at radius 3 is 0.818 bits per heavy atom. The van der Waals surface area contributed by atoms with Crippen molar-refractivity contribution >= 4 is 123 Å². The van der Waals surface area contributed by atoms with Crippen LogP contribution in [0.5, 0.6) is 0 Å². The van der Waals surface area contributed by atoms with Gasteiger partial charge in [-0.2, -0.15) is 0 Å².